The third-order valence-corrected chi connectivity index (χ3v) is 5.69. The molecule has 0 atom stereocenters. The van der Waals surface area contributed by atoms with Crippen molar-refractivity contribution < 1.29 is 12.8 Å². The Labute approximate surface area is 123 Å². The lowest BCUT2D eigenvalue weighted by Gasteiger charge is -2.20. The lowest BCUT2D eigenvalue weighted by Crippen LogP contribution is -2.31. The molecular weight excluding hydrogens is 290 g/mol. The Bertz CT molecular complexity index is 802. The highest BCUT2D eigenvalue weighted by Gasteiger charge is 2.25. The molecule has 1 saturated heterocycles. The molecule has 0 aliphatic carbocycles. The topological polar surface area (TPSA) is 67.6 Å². The van der Waals surface area contributed by atoms with E-state index in [4.69, 9.17) is 4.42 Å². The molecule has 1 fully saturated rings. The average Bonchev–Trinajstić information content (AvgIpc) is 2.76. The molecule has 5 nitrogen and oxygen atoms in total. The van der Waals surface area contributed by atoms with Crippen LogP contribution in [0.2, 0.25) is 0 Å². The van der Waals surface area contributed by atoms with Crippen LogP contribution in [0, 0.1) is 0 Å². The van der Waals surface area contributed by atoms with Crippen LogP contribution in [0.5, 0.6) is 0 Å². The fourth-order valence-electron chi connectivity index (χ4n) is 2.64. The van der Waals surface area contributed by atoms with E-state index in [1.165, 1.54) is 12.1 Å². The van der Waals surface area contributed by atoms with Crippen LogP contribution in [-0.4, -0.2) is 25.8 Å². The van der Waals surface area contributed by atoms with Crippen LogP contribution in [0.15, 0.2) is 44.4 Å². The number of hydrogen-bond donors (Lipinski definition) is 0. The quantitative estimate of drug-likeness (QED) is 0.799. The van der Waals surface area contributed by atoms with E-state index < -0.39 is 15.6 Å². The Hall–Kier alpha value is -1.66. The zero-order valence-corrected chi connectivity index (χ0v) is 12.4. The Morgan fingerprint density at radius 1 is 0.952 bits per heavy atom. The van der Waals surface area contributed by atoms with E-state index >= 15 is 0 Å². The molecule has 1 aromatic heterocycles. The highest BCUT2D eigenvalue weighted by molar-refractivity contribution is 7.89. The van der Waals surface area contributed by atoms with Crippen LogP contribution < -0.4 is 5.63 Å². The number of sulfonamides is 1. The molecule has 112 valence electrons. The summed E-state index contributed by atoms with van der Waals surface area (Å²) in [5, 5.41) is 0.616. The number of fused-ring (bicyclic) bond motifs is 1. The second-order valence-electron chi connectivity index (χ2n) is 5.27. The first-order valence-electron chi connectivity index (χ1n) is 7.11. The summed E-state index contributed by atoms with van der Waals surface area (Å²) < 4.78 is 32.0. The van der Waals surface area contributed by atoms with Crippen molar-refractivity contribution in [2.24, 2.45) is 0 Å². The van der Waals surface area contributed by atoms with Gasteiger partial charge in [0, 0.05) is 24.5 Å². The van der Waals surface area contributed by atoms with Crippen LogP contribution >= 0.6 is 0 Å². The molecular formula is C15H17NO4S. The molecule has 0 saturated carbocycles. The summed E-state index contributed by atoms with van der Waals surface area (Å²) in [4.78, 5) is 11.4. The molecule has 0 radical (unpaired) electrons. The van der Waals surface area contributed by atoms with E-state index in [2.05, 4.69) is 0 Å². The monoisotopic (exact) mass is 307 g/mol. The summed E-state index contributed by atoms with van der Waals surface area (Å²) in [6.07, 6.45) is 3.97. The van der Waals surface area contributed by atoms with E-state index in [9.17, 15) is 13.2 Å². The van der Waals surface area contributed by atoms with Gasteiger partial charge >= 0.3 is 5.63 Å². The molecule has 0 spiro atoms. The van der Waals surface area contributed by atoms with Gasteiger partial charge in [0.15, 0.2) is 0 Å². The standard InChI is InChI=1S/C15H17NO4S/c17-15-8-5-12-11-13(6-7-14(12)20-15)21(18,19)16-9-3-1-2-4-10-16/h5-8,11H,1-4,9-10H2. The summed E-state index contributed by atoms with van der Waals surface area (Å²) >= 11 is 0. The van der Waals surface area contributed by atoms with Gasteiger partial charge < -0.3 is 4.42 Å². The predicted octanol–water partition coefficient (Wildman–Crippen LogP) is 2.36. The molecule has 6 heteroatoms. The van der Waals surface area contributed by atoms with Gasteiger partial charge in [-0.25, -0.2) is 13.2 Å². The minimum Gasteiger partial charge on any atom is -0.423 e. The zero-order chi connectivity index (χ0) is 14.9. The number of benzene rings is 1. The van der Waals surface area contributed by atoms with Gasteiger partial charge in [0.25, 0.3) is 0 Å². The SMILES string of the molecule is O=c1ccc2cc(S(=O)(=O)N3CCCCCC3)ccc2o1. The molecule has 0 N–H and O–H groups in total. The average molecular weight is 307 g/mol. The van der Waals surface area contributed by atoms with Crippen LogP contribution in [0.3, 0.4) is 0 Å². The largest absolute Gasteiger partial charge is 0.423 e. The van der Waals surface area contributed by atoms with E-state index in [1.54, 1.807) is 22.5 Å². The van der Waals surface area contributed by atoms with E-state index in [0.717, 1.165) is 25.7 Å². The normalized spacial score (nSPS) is 17.7. The van der Waals surface area contributed by atoms with Gasteiger partial charge in [-0.05, 0) is 37.1 Å². The lowest BCUT2D eigenvalue weighted by atomic mass is 10.2. The van der Waals surface area contributed by atoms with Crippen molar-refractivity contribution in [2.75, 3.05) is 13.1 Å². The molecule has 2 aromatic rings. The molecule has 1 aliphatic heterocycles. The van der Waals surface area contributed by atoms with Crippen molar-refractivity contribution in [3.63, 3.8) is 0 Å². The molecule has 21 heavy (non-hydrogen) atoms. The fraction of sp³-hybridized carbons (Fsp3) is 0.400. The Morgan fingerprint density at radius 3 is 2.38 bits per heavy atom. The van der Waals surface area contributed by atoms with Crippen molar-refractivity contribution in [2.45, 2.75) is 30.6 Å². The van der Waals surface area contributed by atoms with Gasteiger partial charge in [-0.3, -0.25) is 0 Å². The van der Waals surface area contributed by atoms with Crippen LogP contribution in [0.25, 0.3) is 11.0 Å². The molecule has 0 amide bonds. The van der Waals surface area contributed by atoms with Gasteiger partial charge in [-0.2, -0.15) is 4.31 Å². The highest BCUT2D eigenvalue weighted by atomic mass is 32.2. The Kier molecular flexibility index (Phi) is 3.82. The van der Waals surface area contributed by atoms with Crippen LogP contribution in [0.4, 0.5) is 0 Å². The first-order valence-corrected chi connectivity index (χ1v) is 8.55. The summed E-state index contributed by atoms with van der Waals surface area (Å²) in [7, 11) is -3.47. The molecule has 3 rings (SSSR count). The second kappa shape index (κ2) is 5.61. The third-order valence-electron chi connectivity index (χ3n) is 3.79. The smallest absolute Gasteiger partial charge is 0.336 e. The van der Waals surface area contributed by atoms with Crippen molar-refractivity contribution in [1.29, 1.82) is 0 Å². The zero-order valence-electron chi connectivity index (χ0n) is 11.6. The Balaban J connectivity index is 2.01. The predicted molar refractivity (Wildman–Crippen MR) is 79.7 cm³/mol. The summed E-state index contributed by atoms with van der Waals surface area (Å²) in [6.45, 7) is 1.15. The van der Waals surface area contributed by atoms with Crippen molar-refractivity contribution in [1.82, 2.24) is 4.31 Å². The van der Waals surface area contributed by atoms with Crippen LogP contribution in [-0.2, 0) is 10.0 Å². The van der Waals surface area contributed by atoms with E-state index in [1.807, 2.05) is 0 Å². The first kappa shape index (κ1) is 14.3. The minimum absolute atomic E-state index is 0.255. The van der Waals surface area contributed by atoms with Gasteiger partial charge in [0.05, 0.1) is 4.90 Å². The van der Waals surface area contributed by atoms with E-state index in [-0.39, 0.29) is 4.90 Å². The molecule has 1 aliphatic rings. The van der Waals surface area contributed by atoms with Crippen molar-refractivity contribution in [3.8, 4) is 0 Å². The number of rotatable bonds is 2. The van der Waals surface area contributed by atoms with Gasteiger partial charge in [0.1, 0.15) is 5.58 Å². The first-order chi connectivity index (χ1) is 10.1. The number of hydrogen-bond acceptors (Lipinski definition) is 4. The van der Waals surface area contributed by atoms with E-state index in [0.29, 0.717) is 24.1 Å². The molecule has 1 aromatic carbocycles. The molecule has 0 bridgehead atoms. The maximum Gasteiger partial charge on any atom is 0.336 e. The maximum absolute atomic E-state index is 12.7. The summed E-state index contributed by atoms with van der Waals surface area (Å²) in [5.74, 6) is 0. The fourth-order valence-corrected chi connectivity index (χ4v) is 4.19. The minimum atomic E-state index is -3.47. The second-order valence-corrected chi connectivity index (χ2v) is 7.21. The lowest BCUT2D eigenvalue weighted by molar-refractivity contribution is 0.424. The van der Waals surface area contributed by atoms with Gasteiger partial charge in [-0.1, -0.05) is 12.8 Å². The Morgan fingerprint density at radius 2 is 1.67 bits per heavy atom. The number of nitrogens with zero attached hydrogens (tertiary/aromatic N) is 1. The van der Waals surface area contributed by atoms with Crippen molar-refractivity contribution in [3.05, 3.63) is 40.8 Å². The van der Waals surface area contributed by atoms with Gasteiger partial charge in [0.2, 0.25) is 10.0 Å². The van der Waals surface area contributed by atoms with Crippen molar-refractivity contribution >= 4 is 21.0 Å². The third kappa shape index (κ3) is 2.87. The van der Waals surface area contributed by atoms with Gasteiger partial charge in [-0.15, -0.1) is 0 Å². The molecule has 2 heterocycles. The maximum atomic E-state index is 12.7. The summed E-state index contributed by atoms with van der Waals surface area (Å²) in [6, 6.07) is 7.50. The summed E-state index contributed by atoms with van der Waals surface area (Å²) in [5.41, 5.74) is -0.0389. The highest BCUT2D eigenvalue weighted by Crippen LogP contribution is 2.23. The molecule has 0 unspecified atom stereocenters. The van der Waals surface area contributed by atoms with Crippen LogP contribution in [0.1, 0.15) is 25.7 Å².